The molecule has 0 saturated carbocycles. The van der Waals surface area contributed by atoms with Gasteiger partial charge in [0.05, 0.1) is 22.1 Å². The van der Waals surface area contributed by atoms with Gasteiger partial charge in [-0.15, -0.1) is 0 Å². The predicted octanol–water partition coefficient (Wildman–Crippen LogP) is 14.5. The molecular formula is C54H36N2. The molecule has 56 heavy (non-hydrogen) atoms. The minimum atomic E-state index is 1.13. The normalized spacial score (nSPS) is 11.6. The summed E-state index contributed by atoms with van der Waals surface area (Å²) in [4.78, 5) is 0. The molecule has 0 N–H and O–H groups in total. The van der Waals surface area contributed by atoms with Crippen LogP contribution in [-0.2, 0) is 0 Å². The summed E-state index contributed by atoms with van der Waals surface area (Å²) in [7, 11) is 0. The molecular weight excluding hydrogens is 677 g/mol. The van der Waals surface area contributed by atoms with Crippen LogP contribution in [-0.4, -0.2) is 9.13 Å². The van der Waals surface area contributed by atoms with Gasteiger partial charge in [-0.2, -0.15) is 0 Å². The predicted molar refractivity (Wildman–Crippen MR) is 237 cm³/mol. The van der Waals surface area contributed by atoms with Gasteiger partial charge in [-0.1, -0.05) is 158 Å². The molecule has 0 bridgehead atoms. The van der Waals surface area contributed by atoms with E-state index in [1.807, 2.05) is 0 Å². The molecule has 0 fully saturated rings. The Kier molecular flexibility index (Phi) is 7.53. The van der Waals surface area contributed by atoms with Crippen molar-refractivity contribution in [2.24, 2.45) is 0 Å². The van der Waals surface area contributed by atoms with E-state index in [1.54, 1.807) is 0 Å². The Balaban J connectivity index is 1.15. The fraction of sp³-hybridized carbons (Fsp3) is 0. The topological polar surface area (TPSA) is 9.86 Å². The monoisotopic (exact) mass is 712 g/mol. The van der Waals surface area contributed by atoms with Crippen LogP contribution in [0.1, 0.15) is 0 Å². The molecule has 0 aliphatic carbocycles. The van der Waals surface area contributed by atoms with Crippen molar-refractivity contribution in [3.8, 4) is 55.9 Å². The quantitative estimate of drug-likeness (QED) is 0.162. The van der Waals surface area contributed by atoms with Crippen LogP contribution < -0.4 is 0 Å². The van der Waals surface area contributed by atoms with Crippen LogP contribution in [0.15, 0.2) is 218 Å². The van der Waals surface area contributed by atoms with Gasteiger partial charge in [0.1, 0.15) is 0 Å². The highest BCUT2D eigenvalue weighted by atomic mass is 15.0. The molecule has 0 atom stereocenters. The van der Waals surface area contributed by atoms with E-state index in [9.17, 15) is 0 Å². The summed E-state index contributed by atoms with van der Waals surface area (Å²) < 4.78 is 4.85. The van der Waals surface area contributed by atoms with E-state index in [4.69, 9.17) is 0 Å². The van der Waals surface area contributed by atoms with Crippen molar-refractivity contribution in [3.63, 3.8) is 0 Å². The number of fused-ring (bicyclic) bond motifs is 6. The molecule has 0 aliphatic heterocycles. The van der Waals surface area contributed by atoms with Crippen LogP contribution in [0.2, 0.25) is 0 Å². The molecule has 0 spiro atoms. The lowest BCUT2D eigenvalue weighted by Gasteiger charge is -2.15. The SMILES string of the molecule is c1ccc(-c2ccc(-c3cc(-c4ccc5c6ccccc6n(-c6ccccc6)c5c4)cc(-n4c5ccccc5c5cc(-c6ccccc6)ccc54)c3)cc2)cc1. The van der Waals surface area contributed by atoms with Gasteiger partial charge in [0, 0.05) is 32.9 Å². The summed E-state index contributed by atoms with van der Waals surface area (Å²) in [6, 6.07) is 79.5. The Hall–Kier alpha value is -7.42. The number of nitrogens with zero attached hydrogens (tertiary/aromatic N) is 2. The Labute approximate surface area is 325 Å². The highest BCUT2D eigenvalue weighted by molar-refractivity contribution is 6.12. The number of hydrogen-bond acceptors (Lipinski definition) is 0. The Morgan fingerprint density at radius 1 is 0.196 bits per heavy atom. The van der Waals surface area contributed by atoms with Crippen LogP contribution in [0, 0.1) is 0 Å². The molecule has 11 aromatic rings. The molecule has 0 aliphatic rings. The number of aromatic nitrogens is 2. The fourth-order valence-electron chi connectivity index (χ4n) is 8.63. The second-order valence-electron chi connectivity index (χ2n) is 14.6. The van der Waals surface area contributed by atoms with Crippen LogP contribution in [0.5, 0.6) is 0 Å². The second kappa shape index (κ2) is 13.2. The van der Waals surface area contributed by atoms with Gasteiger partial charge in [-0.05, 0) is 105 Å². The summed E-state index contributed by atoms with van der Waals surface area (Å²) in [6.45, 7) is 0. The van der Waals surface area contributed by atoms with Crippen molar-refractivity contribution >= 4 is 43.6 Å². The maximum absolute atomic E-state index is 2.45. The van der Waals surface area contributed by atoms with Gasteiger partial charge in [0.15, 0.2) is 0 Å². The molecule has 11 rings (SSSR count). The molecule has 0 saturated heterocycles. The lowest BCUT2D eigenvalue weighted by Crippen LogP contribution is -1.96. The first-order chi connectivity index (χ1) is 27.8. The van der Waals surface area contributed by atoms with Crippen molar-refractivity contribution in [2.75, 3.05) is 0 Å². The lowest BCUT2D eigenvalue weighted by molar-refractivity contribution is 1.18. The van der Waals surface area contributed by atoms with Crippen LogP contribution in [0.4, 0.5) is 0 Å². The summed E-state index contributed by atoms with van der Waals surface area (Å²) in [6.07, 6.45) is 0. The zero-order chi connectivity index (χ0) is 37.0. The van der Waals surface area contributed by atoms with Crippen molar-refractivity contribution in [2.45, 2.75) is 0 Å². The summed E-state index contributed by atoms with van der Waals surface area (Å²) in [5.74, 6) is 0. The molecule has 0 radical (unpaired) electrons. The van der Waals surface area contributed by atoms with Crippen molar-refractivity contribution in [1.82, 2.24) is 9.13 Å². The standard InChI is InChI=1S/C54H36N2/c1-4-14-37(15-5-1)39-24-26-40(27-25-39)43-32-44(42-28-30-49-47-20-10-12-22-51(47)55(54(49)36-42)45-18-8-3-9-19-45)34-46(33-43)56-52-23-13-11-21-48(52)50-35-41(29-31-53(50)56)38-16-6-2-7-17-38/h1-36H. The number of hydrogen-bond donors (Lipinski definition) is 0. The van der Waals surface area contributed by atoms with Gasteiger partial charge in [0.25, 0.3) is 0 Å². The van der Waals surface area contributed by atoms with Gasteiger partial charge >= 0.3 is 0 Å². The number of benzene rings is 9. The average Bonchev–Trinajstić information content (AvgIpc) is 3.79. The molecule has 0 unspecified atom stereocenters. The first-order valence-electron chi connectivity index (χ1n) is 19.3. The molecule has 2 heterocycles. The molecule has 9 aromatic carbocycles. The van der Waals surface area contributed by atoms with Crippen molar-refractivity contribution < 1.29 is 0 Å². The van der Waals surface area contributed by atoms with Crippen LogP contribution >= 0.6 is 0 Å². The highest BCUT2D eigenvalue weighted by Gasteiger charge is 2.17. The summed E-state index contributed by atoms with van der Waals surface area (Å²) in [5.41, 5.74) is 16.6. The maximum Gasteiger partial charge on any atom is 0.0547 e. The van der Waals surface area contributed by atoms with Crippen molar-refractivity contribution in [3.05, 3.63) is 218 Å². The minimum Gasteiger partial charge on any atom is -0.309 e. The van der Waals surface area contributed by atoms with E-state index in [2.05, 4.69) is 228 Å². The van der Waals surface area contributed by atoms with Gasteiger partial charge < -0.3 is 9.13 Å². The van der Waals surface area contributed by atoms with E-state index >= 15 is 0 Å². The first-order valence-corrected chi connectivity index (χ1v) is 19.3. The Morgan fingerprint density at radius 2 is 0.607 bits per heavy atom. The first kappa shape index (κ1) is 32.0. The van der Waals surface area contributed by atoms with Gasteiger partial charge in [0.2, 0.25) is 0 Å². The lowest BCUT2D eigenvalue weighted by atomic mass is 9.95. The number of para-hydroxylation sites is 3. The zero-order valence-electron chi connectivity index (χ0n) is 30.7. The van der Waals surface area contributed by atoms with E-state index in [0.29, 0.717) is 0 Å². The van der Waals surface area contributed by atoms with Crippen molar-refractivity contribution in [1.29, 1.82) is 0 Å². The van der Waals surface area contributed by atoms with Crippen LogP contribution in [0.25, 0.3) is 99.5 Å². The molecule has 2 nitrogen and oxygen atoms in total. The molecule has 2 heteroatoms. The summed E-state index contributed by atoms with van der Waals surface area (Å²) >= 11 is 0. The fourth-order valence-corrected chi connectivity index (χ4v) is 8.63. The zero-order valence-corrected chi connectivity index (χ0v) is 30.7. The molecule has 262 valence electrons. The van der Waals surface area contributed by atoms with E-state index < -0.39 is 0 Å². The second-order valence-corrected chi connectivity index (χ2v) is 14.6. The van der Waals surface area contributed by atoms with Crippen LogP contribution in [0.3, 0.4) is 0 Å². The third-order valence-corrected chi connectivity index (χ3v) is 11.3. The largest absolute Gasteiger partial charge is 0.309 e. The minimum absolute atomic E-state index is 1.13. The Bertz CT molecular complexity index is 3210. The smallest absolute Gasteiger partial charge is 0.0547 e. The van der Waals surface area contributed by atoms with E-state index in [-0.39, 0.29) is 0 Å². The van der Waals surface area contributed by atoms with Gasteiger partial charge in [-0.25, -0.2) is 0 Å². The average molecular weight is 713 g/mol. The Morgan fingerprint density at radius 3 is 1.27 bits per heavy atom. The van der Waals surface area contributed by atoms with E-state index in [1.165, 1.54) is 88.1 Å². The maximum atomic E-state index is 2.45. The van der Waals surface area contributed by atoms with E-state index in [0.717, 1.165) is 11.4 Å². The third-order valence-electron chi connectivity index (χ3n) is 11.3. The molecule has 2 aromatic heterocycles. The molecule has 0 amide bonds. The van der Waals surface area contributed by atoms with Gasteiger partial charge in [-0.3, -0.25) is 0 Å². The summed E-state index contributed by atoms with van der Waals surface area (Å²) in [5, 5.41) is 4.99. The highest BCUT2D eigenvalue weighted by Crippen LogP contribution is 2.40. The third kappa shape index (κ3) is 5.34. The number of rotatable bonds is 6.